The zero-order valence-electron chi connectivity index (χ0n) is 16.9. The highest BCUT2D eigenvalue weighted by molar-refractivity contribution is 5.91. The first-order chi connectivity index (χ1) is 14.8. The molecule has 1 saturated heterocycles. The van der Waals surface area contributed by atoms with Gasteiger partial charge in [0.15, 0.2) is 5.65 Å². The molecule has 1 aromatic carbocycles. The van der Waals surface area contributed by atoms with Gasteiger partial charge in [0.05, 0.1) is 5.56 Å². The molecule has 2 aromatic heterocycles. The Hall–Kier alpha value is -3.36. The van der Waals surface area contributed by atoms with Crippen molar-refractivity contribution in [2.45, 2.75) is 31.9 Å². The van der Waals surface area contributed by atoms with Crippen molar-refractivity contribution < 1.29 is 18.0 Å². The molecule has 3 aromatic rings. The van der Waals surface area contributed by atoms with Crippen molar-refractivity contribution in [2.75, 3.05) is 13.1 Å². The summed E-state index contributed by atoms with van der Waals surface area (Å²) in [4.78, 5) is 14.7. The second kappa shape index (κ2) is 8.05. The van der Waals surface area contributed by atoms with Crippen molar-refractivity contribution in [1.29, 1.82) is 0 Å². The molecule has 1 amide bonds. The van der Waals surface area contributed by atoms with E-state index in [0.717, 1.165) is 11.6 Å². The number of alkyl halides is 3. The number of piperidine rings is 1. The maximum Gasteiger partial charge on any atom is 0.416 e. The second-order valence-electron chi connectivity index (χ2n) is 7.57. The third-order valence-electron chi connectivity index (χ3n) is 5.73. The zero-order valence-corrected chi connectivity index (χ0v) is 16.9. The van der Waals surface area contributed by atoms with Gasteiger partial charge in [0, 0.05) is 30.5 Å². The maximum atomic E-state index is 13.4. The fraction of sp³-hybridized carbons (Fsp3) is 0.318. The van der Waals surface area contributed by atoms with Crippen LogP contribution in [0.5, 0.6) is 0 Å². The topological polar surface area (TPSA) is 76.5 Å². The van der Waals surface area contributed by atoms with Crippen LogP contribution in [0, 0.1) is 0 Å². The Labute approximate surface area is 177 Å². The number of amides is 1. The van der Waals surface area contributed by atoms with Crippen molar-refractivity contribution in [1.82, 2.24) is 19.5 Å². The number of hydrogen-bond acceptors (Lipinski definition) is 4. The van der Waals surface area contributed by atoms with Gasteiger partial charge in [0.2, 0.25) is 5.82 Å². The molecular formula is C22H22F3N5O. The minimum atomic E-state index is -4.39. The molecule has 2 N–H and O–H groups in total. The highest BCUT2D eigenvalue weighted by atomic mass is 19.4. The van der Waals surface area contributed by atoms with E-state index in [0.29, 0.717) is 42.8 Å². The van der Waals surface area contributed by atoms with Crippen molar-refractivity contribution in [2.24, 2.45) is 5.73 Å². The Balaban J connectivity index is 1.53. The summed E-state index contributed by atoms with van der Waals surface area (Å²) in [6.07, 6.45) is -0.0179. The summed E-state index contributed by atoms with van der Waals surface area (Å²) in [5.41, 5.74) is 7.49. The number of fused-ring (bicyclic) bond motifs is 1. The van der Waals surface area contributed by atoms with Gasteiger partial charge in [-0.05, 0) is 49.4 Å². The van der Waals surface area contributed by atoms with Crippen molar-refractivity contribution >= 4 is 17.3 Å². The van der Waals surface area contributed by atoms with Crippen molar-refractivity contribution in [3.63, 3.8) is 0 Å². The number of carbonyl (C=O) groups is 1. The molecule has 1 aliphatic heterocycles. The van der Waals surface area contributed by atoms with Gasteiger partial charge in [0.1, 0.15) is 0 Å². The number of aromatic nitrogens is 3. The van der Waals surface area contributed by atoms with E-state index in [1.165, 1.54) is 12.1 Å². The van der Waals surface area contributed by atoms with Crippen LogP contribution in [0.1, 0.15) is 53.0 Å². The monoisotopic (exact) mass is 429 g/mol. The lowest BCUT2D eigenvalue weighted by atomic mass is 9.86. The van der Waals surface area contributed by atoms with E-state index in [2.05, 4.69) is 10.2 Å². The van der Waals surface area contributed by atoms with Crippen LogP contribution in [0.15, 0.2) is 48.7 Å². The van der Waals surface area contributed by atoms with Gasteiger partial charge in [-0.1, -0.05) is 24.3 Å². The van der Waals surface area contributed by atoms with Crippen LogP contribution in [0.2, 0.25) is 0 Å². The number of pyridine rings is 1. The lowest BCUT2D eigenvalue weighted by Crippen LogP contribution is -2.39. The lowest BCUT2D eigenvalue weighted by molar-refractivity contribution is -0.138. The highest BCUT2D eigenvalue weighted by Crippen LogP contribution is 2.38. The summed E-state index contributed by atoms with van der Waals surface area (Å²) < 4.78 is 41.7. The molecule has 0 saturated carbocycles. The summed E-state index contributed by atoms with van der Waals surface area (Å²) >= 11 is 0. The molecule has 0 bridgehead atoms. The minimum absolute atomic E-state index is 0.162. The van der Waals surface area contributed by atoms with Crippen LogP contribution in [0.3, 0.4) is 0 Å². The number of halogens is 3. The molecule has 0 spiro atoms. The first-order valence-corrected chi connectivity index (χ1v) is 10.0. The molecule has 0 atom stereocenters. The summed E-state index contributed by atoms with van der Waals surface area (Å²) in [7, 11) is 0. The molecule has 3 heterocycles. The molecule has 162 valence electrons. The van der Waals surface area contributed by atoms with E-state index in [9.17, 15) is 18.0 Å². The number of rotatable bonds is 3. The summed E-state index contributed by atoms with van der Waals surface area (Å²) in [5, 5.41) is 8.08. The Morgan fingerprint density at radius 2 is 1.84 bits per heavy atom. The van der Waals surface area contributed by atoms with E-state index < -0.39 is 11.7 Å². The summed E-state index contributed by atoms with van der Waals surface area (Å²) in [6, 6.07) is 9.20. The number of hydrogen-bond donors (Lipinski definition) is 1. The van der Waals surface area contributed by atoms with E-state index in [1.54, 1.807) is 39.8 Å². The molecule has 1 fully saturated rings. The van der Waals surface area contributed by atoms with Gasteiger partial charge in [0.25, 0.3) is 5.91 Å². The minimum Gasteiger partial charge on any atom is -0.398 e. The third-order valence-corrected chi connectivity index (χ3v) is 5.73. The molecule has 0 aliphatic carbocycles. The normalized spacial score (nSPS) is 16.1. The van der Waals surface area contributed by atoms with Crippen molar-refractivity contribution in [3.8, 4) is 0 Å². The molecule has 0 radical (unpaired) electrons. The number of nitrogens with zero attached hydrogens (tertiary/aromatic N) is 4. The van der Waals surface area contributed by atoms with Gasteiger partial charge in [-0.2, -0.15) is 13.2 Å². The largest absolute Gasteiger partial charge is 0.416 e. The Morgan fingerprint density at radius 1 is 1.13 bits per heavy atom. The molecule has 1 aliphatic rings. The van der Waals surface area contributed by atoms with Gasteiger partial charge in [-0.25, -0.2) is 0 Å². The molecule has 4 rings (SSSR count). The second-order valence-corrected chi connectivity index (χ2v) is 7.57. The number of allylic oxidation sites excluding steroid dienone is 1. The molecule has 31 heavy (non-hydrogen) atoms. The van der Waals surface area contributed by atoms with E-state index in [-0.39, 0.29) is 17.6 Å². The first kappa shape index (κ1) is 20.9. The number of nitrogens with two attached hydrogens (primary N) is 1. The maximum absolute atomic E-state index is 13.4. The third kappa shape index (κ3) is 3.99. The average molecular weight is 429 g/mol. The van der Waals surface area contributed by atoms with Gasteiger partial charge >= 0.3 is 6.18 Å². The van der Waals surface area contributed by atoms with Gasteiger partial charge in [-0.3, -0.25) is 9.20 Å². The van der Waals surface area contributed by atoms with Crippen LogP contribution < -0.4 is 5.73 Å². The molecule has 9 heteroatoms. The van der Waals surface area contributed by atoms with Crippen LogP contribution in [-0.4, -0.2) is 38.5 Å². The molecule has 6 nitrogen and oxygen atoms in total. The summed E-state index contributed by atoms with van der Waals surface area (Å²) in [5.74, 6) is -0.390. The lowest BCUT2D eigenvalue weighted by Gasteiger charge is -2.32. The zero-order chi connectivity index (χ0) is 22.2. The highest BCUT2D eigenvalue weighted by Gasteiger charge is 2.36. The number of carbonyl (C=O) groups excluding carboxylic acids is 1. The molecular weight excluding hydrogens is 407 g/mol. The Kier molecular flexibility index (Phi) is 5.43. The Morgan fingerprint density at radius 3 is 2.52 bits per heavy atom. The average Bonchev–Trinajstić information content (AvgIpc) is 3.21. The Bertz CT molecular complexity index is 1140. The van der Waals surface area contributed by atoms with Crippen molar-refractivity contribution in [3.05, 3.63) is 71.2 Å². The van der Waals surface area contributed by atoms with E-state index in [4.69, 9.17) is 5.73 Å². The van der Waals surface area contributed by atoms with Crippen LogP contribution in [-0.2, 0) is 6.18 Å². The predicted octanol–water partition coefficient (Wildman–Crippen LogP) is 4.09. The first-order valence-electron chi connectivity index (χ1n) is 10.0. The SMILES string of the molecule is C/C=C(\N)c1ccc2nnc(C(=O)N3CCC(c4ccccc4C(F)(F)F)CC3)n2c1. The van der Waals surface area contributed by atoms with E-state index >= 15 is 0 Å². The standard InChI is InChI=1S/C22H22F3N5O/c1-2-18(26)15-7-8-19-27-28-20(30(19)13-15)21(31)29-11-9-14(10-12-29)16-5-3-4-6-17(16)22(23,24)25/h2-8,13-14H,9-12,26H2,1H3/b18-2-. The smallest absolute Gasteiger partial charge is 0.398 e. The summed E-state index contributed by atoms with van der Waals surface area (Å²) in [6.45, 7) is 2.52. The number of benzene rings is 1. The molecule has 0 unspecified atom stereocenters. The predicted molar refractivity (Wildman–Crippen MR) is 110 cm³/mol. The quantitative estimate of drug-likeness (QED) is 0.681. The van der Waals surface area contributed by atoms with Gasteiger partial charge < -0.3 is 10.6 Å². The van der Waals surface area contributed by atoms with E-state index in [1.807, 2.05) is 6.92 Å². The van der Waals surface area contributed by atoms with Crippen LogP contribution in [0.25, 0.3) is 11.3 Å². The fourth-order valence-electron chi connectivity index (χ4n) is 4.02. The number of likely N-dealkylation sites (tertiary alicyclic amines) is 1. The van der Waals surface area contributed by atoms with Gasteiger partial charge in [-0.15, -0.1) is 10.2 Å². The van der Waals surface area contributed by atoms with Crippen LogP contribution >= 0.6 is 0 Å². The van der Waals surface area contributed by atoms with Crippen LogP contribution in [0.4, 0.5) is 13.2 Å². The fourth-order valence-corrected chi connectivity index (χ4v) is 4.02.